The number of aromatic nitrogens is 1. The third kappa shape index (κ3) is 2.94. The van der Waals surface area contributed by atoms with Crippen LogP contribution in [0.5, 0.6) is 0 Å². The normalized spacial score (nSPS) is 10.3. The zero-order valence-electron chi connectivity index (χ0n) is 9.80. The number of halogens is 2. The largest absolute Gasteiger partial charge is 0.347 e. The lowest BCUT2D eigenvalue weighted by molar-refractivity contribution is -0.387. The van der Waals surface area contributed by atoms with Gasteiger partial charge < -0.3 is 5.32 Å². The van der Waals surface area contributed by atoms with E-state index in [-0.39, 0.29) is 6.54 Å². The number of benzene rings is 1. The molecule has 1 aromatic heterocycles. The summed E-state index contributed by atoms with van der Waals surface area (Å²) in [5.74, 6) is -3.27. The minimum Gasteiger partial charge on any atom is -0.347 e. The van der Waals surface area contributed by atoms with Gasteiger partial charge in [-0.2, -0.15) is 4.39 Å². The first-order chi connectivity index (χ1) is 9.49. The summed E-state index contributed by atoms with van der Waals surface area (Å²) in [7, 11) is 0. The lowest BCUT2D eigenvalue weighted by Crippen LogP contribution is -2.23. The van der Waals surface area contributed by atoms with Crippen molar-refractivity contribution in [2.24, 2.45) is 0 Å². The second-order valence-corrected chi connectivity index (χ2v) is 4.66. The van der Waals surface area contributed by atoms with Gasteiger partial charge in [-0.1, -0.05) is 0 Å². The molecular weight excluding hydrogens is 292 g/mol. The van der Waals surface area contributed by atoms with Gasteiger partial charge in [0.2, 0.25) is 5.82 Å². The first-order valence-corrected chi connectivity index (χ1v) is 6.16. The van der Waals surface area contributed by atoms with Gasteiger partial charge in [-0.3, -0.25) is 19.9 Å². The molecule has 0 saturated carbocycles. The third-order valence-electron chi connectivity index (χ3n) is 2.38. The Morgan fingerprint density at radius 3 is 2.75 bits per heavy atom. The topological polar surface area (TPSA) is 85.1 Å². The Kier molecular flexibility index (Phi) is 3.99. The van der Waals surface area contributed by atoms with E-state index in [1.54, 1.807) is 5.51 Å². The molecule has 0 radical (unpaired) electrons. The summed E-state index contributed by atoms with van der Waals surface area (Å²) in [5.41, 5.74) is -0.0349. The zero-order valence-corrected chi connectivity index (χ0v) is 10.6. The molecule has 104 valence electrons. The number of hydrogen-bond acceptors (Lipinski definition) is 5. The van der Waals surface area contributed by atoms with E-state index in [0.717, 1.165) is 4.88 Å². The SMILES string of the molecule is O=C(NCc1cncs1)c1cc(F)c([N+](=O)[O-])cc1F. The van der Waals surface area contributed by atoms with E-state index in [2.05, 4.69) is 10.3 Å². The third-order valence-corrected chi connectivity index (χ3v) is 3.16. The van der Waals surface area contributed by atoms with E-state index >= 15 is 0 Å². The van der Waals surface area contributed by atoms with Crippen LogP contribution in [0.1, 0.15) is 15.2 Å². The average molecular weight is 299 g/mol. The maximum absolute atomic E-state index is 13.6. The summed E-state index contributed by atoms with van der Waals surface area (Å²) >= 11 is 1.29. The van der Waals surface area contributed by atoms with Crippen molar-refractivity contribution in [1.82, 2.24) is 10.3 Å². The Labute approximate surface area is 115 Å². The van der Waals surface area contributed by atoms with Gasteiger partial charge in [0.05, 0.1) is 28.6 Å². The predicted molar refractivity (Wildman–Crippen MR) is 66.3 cm³/mol. The molecule has 20 heavy (non-hydrogen) atoms. The molecule has 0 aliphatic rings. The fraction of sp³-hybridized carbons (Fsp3) is 0.0909. The second-order valence-electron chi connectivity index (χ2n) is 3.69. The molecule has 1 amide bonds. The molecule has 0 spiro atoms. The molecule has 0 bridgehead atoms. The van der Waals surface area contributed by atoms with Crippen molar-refractivity contribution in [3.63, 3.8) is 0 Å². The first kappa shape index (κ1) is 14.0. The molecule has 6 nitrogen and oxygen atoms in total. The van der Waals surface area contributed by atoms with Gasteiger partial charge in [-0.05, 0) is 6.07 Å². The van der Waals surface area contributed by atoms with E-state index < -0.39 is 33.7 Å². The number of carbonyl (C=O) groups is 1. The Balaban J connectivity index is 2.17. The minimum atomic E-state index is -1.26. The number of amides is 1. The molecule has 1 aromatic carbocycles. The van der Waals surface area contributed by atoms with Gasteiger partial charge in [0.25, 0.3) is 5.91 Å². The Morgan fingerprint density at radius 2 is 2.15 bits per heavy atom. The van der Waals surface area contributed by atoms with Crippen LogP contribution in [-0.4, -0.2) is 15.8 Å². The monoisotopic (exact) mass is 299 g/mol. The molecular formula is C11H7F2N3O3S. The van der Waals surface area contributed by atoms with E-state index in [1.165, 1.54) is 17.5 Å². The van der Waals surface area contributed by atoms with Crippen LogP contribution < -0.4 is 5.32 Å². The molecule has 0 fully saturated rings. The van der Waals surface area contributed by atoms with E-state index in [0.29, 0.717) is 12.1 Å². The van der Waals surface area contributed by atoms with Crippen LogP contribution in [0, 0.1) is 21.7 Å². The highest BCUT2D eigenvalue weighted by molar-refractivity contribution is 7.09. The highest BCUT2D eigenvalue weighted by atomic mass is 32.1. The Morgan fingerprint density at radius 1 is 1.40 bits per heavy atom. The maximum atomic E-state index is 13.6. The predicted octanol–water partition coefficient (Wildman–Crippen LogP) is 2.26. The summed E-state index contributed by atoms with van der Waals surface area (Å²) in [6.07, 6.45) is 1.53. The molecule has 0 aliphatic heterocycles. The minimum absolute atomic E-state index is 0.113. The van der Waals surface area contributed by atoms with E-state index in [9.17, 15) is 23.7 Å². The lowest BCUT2D eigenvalue weighted by Gasteiger charge is -2.05. The summed E-state index contributed by atoms with van der Waals surface area (Å²) < 4.78 is 26.9. The number of nitrogens with zero attached hydrogens (tertiary/aromatic N) is 2. The second kappa shape index (κ2) is 5.70. The number of hydrogen-bond donors (Lipinski definition) is 1. The quantitative estimate of drug-likeness (QED) is 0.693. The first-order valence-electron chi connectivity index (χ1n) is 5.28. The molecule has 0 saturated heterocycles. The number of nitrogens with one attached hydrogen (secondary N) is 1. The van der Waals surface area contributed by atoms with Crippen LogP contribution in [-0.2, 0) is 6.54 Å². The van der Waals surface area contributed by atoms with Gasteiger partial charge in [0.15, 0.2) is 0 Å². The lowest BCUT2D eigenvalue weighted by atomic mass is 10.1. The van der Waals surface area contributed by atoms with Gasteiger partial charge in [-0.25, -0.2) is 4.39 Å². The van der Waals surface area contributed by atoms with E-state index in [1.807, 2.05) is 0 Å². The fourth-order valence-corrected chi connectivity index (χ4v) is 1.98. The van der Waals surface area contributed by atoms with Gasteiger partial charge in [0.1, 0.15) is 5.82 Å². The van der Waals surface area contributed by atoms with Crippen molar-refractivity contribution in [3.8, 4) is 0 Å². The van der Waals surface area contributed by atoms with Crippen LogP contribution in [0.4, 0.5) is 14.5 Å². The van der Waals surface area contributed by atoms with Crippen molar-refractivity contribution in [1.29, 1.82) is 0 Å². The van der Waals surface area contributed by atoms with Gasteiger partial charge in [-0.15, -0.1) is 11.3 Å². The van der Waals surface area contributed by atoms with Crippen molar-refractivity contribution >= 4 is 22.9 Å². The molecule has 9 heteroatoms. The maximum Gasteiger partial charge on any atom is 0.307 e. The van der Waals surface area contributed by atoms with Crippen LogP contribution in [0.15, 0.2) is 23.8 Å². The summed E-state index contributed by atoms with van der Waals surface area (Å²) in [4.78, 5) is 25.6. The fourth-order valence-electron chi connectivity index (χ4n) is 1.44. The number of nitro benzene ring substituents is 1. The molecule has 1 heterocycles. The van der Waals surface area contributed by atoms with Crippen LogP contribution in [0.3, 0.4) is 0 Å². The van der Waals surface area contributed by atoms with Crippen molar-refractivity contribution in [2.45, 2.75) is 6.54 Å². The molecule has 0 atom stereocenters. The van der Waals surface area contributed by atoms with Crippen LogP contribution >= 0.6 is 11.3 Å². The number of thiazole rings is 1. The molecule has 1 N–H and O–H groups in total. The number of carbonyl (C=O) groups excluding carboxylic acids is 1. The molecule has 2 rings (SSSR count). The van der Waals surface area contributed by atoms with Crippen molar-refractivity contribution < 1.29 is 18.5 Å². The van der Waals surface area contributed by atoms with Crippen LogP contribution in [0.2, 0.25) is 0 Å². The molecule has 2 aromatic rings. The van der Waals surface area contributed by atoms with Crippen molar-refractivity contribution in [2.75, 3.05) is 0 Å². The highest BCUT2D eigenvalue weighted by Gasteiger charge is 2.21. The Bertz CT molecular complexity index is 661. The smallest absolute Gasteiger partial charge is 0.307 e. The average Bonchev–Trinajstić information content (AvgIpc) is 2.91. The number of rotatable bonds is 4. The number of nitro groups is 1. The highest BCUT2D eigenvalue weighted by Crippen LogP contribution is 2.21. The molecule has 0 unspecified atom stereocenters. The van der Waals surface area contributed by atoms with Gasteiger partial charge in [0, 0.05) is 11.1 Å². The van der Waals surface area contributed by atoms with Crippen molar-refractivity contribution in [3.05, 3.63) is 56.0 Å². The standard InChI is InChI=1S/C11H7F2N3O3S/c12-8-2-10(16(18)19)9(13)1-7(8)11(17)15-4-6-3-14-5-20-6/h1-3,5H,4H2,(H,15,17). The summed E-state index contributed by atoms with van der Waals surface area (Å²) in [6, 6.07) is 0.895. The summed E-state index contributed by atoms with van der Waals surface area (Å²) in [6.45, 7) is 0.113. The van der Waals surface area contributed by atoms with Crippen LogP contribution in [0.25, 0.3) is 0 Å². The van der Waals surface area contributed by atoms with E-state index in [4.69, 9.17) is 0 Å². The summed E-state index contributed by atoms with van der Waals surface area (Å²) in [5, 5.41) is 12.8. The molecule has 0 aliphatic carbocycles. The van der Waals surface area contributed by atoms with Gasteiger partial charge >= 0.3 is 5.69 Å². The Hall–Kier alpha value is -2.42. The zero-order chi connectivity index (χ0) is 14.7.